The van der Waals surface area contributed by atoms with Crippen LogP contribution in [-0.4, -0.2) is 13.0 Å². The van der Waals surface area contributed by atoms with Crippen molar-refractivity contribution in [3.05, 3.63) is 51.5 Å². The second-order valence-corrected chi connectivity index (χ2v) is 5.38. The molecule has 104 valence electrons. The smallest absolute Gasteiger partial charge is 0.259 e. The molecule has 20 heavy (non-hydrogen) atoms. The molecule has 0 atom stereocenters. The van der Waals surface area contributed by atoms with Gasteiger partial charge in [-0.05, 0) is 36.4 Å². The highest BCUT2D eigenvalue weighted by Gasteiger charge is 2.14. The van der Waals surface area contributed by atoms with E-state index in [0.717, 1.165) is 4.47 Å². The topological polar surface area (TPSA) is 64.3 Å². The number of hydrogen-bond donors (Lipinski definition) is 2. The third-order valence-corrected chi connectivity index (χ3v) is 3.40. The van der Waals surface area contributed by atoms with Gasteiger partial charge in [0.15, 0.2) is 0 Å². The number of nitrogens with one attached hydrogen (secondary N) is 1. The van der Waals surface area contributed by atoms with Gasteiger partial charge in [0.2, 0.25) is 0 Å². The van der Waals surface area contributed by atoms with Gasteiger partial charge >= 0.3 is 0 Å². The van der Waals surface area contributed by atoms with Gasteiger partial charge in [0.05, 0.1) is 24.0 Å². The number of methoxy groups -OCH3 is 1. The van der Waals surface area contributed by atoms with Crippen molar-refractivity contribution >= 4 is 44.8 Å². The molecule has 0 saturated carbocycles. The van der Waals surface area contributed by atoms with Crippen LogP contribution in [0.25, 0.3) is 0 Å². The van der Waals surface area contributed by atoms with Crippen LogP contribution in [0.5, 0.6) is 5.75 Å². The fourth-order valence-electron chi connectivity index (χ4n) is 1.69. The lowest BCUT2D eigenvalue weighted by Gasteiger charge is -2.11. The summed E-state index contributed by atoms with van der Waals surface area (Å²) in [5.74, 6) is 0.112. The van der Waals surface area contributed by atoms with Crippen LogP contribution in [0.1, 0.15) is 10.4 Å². The first-order valence-corrected chi connectivity index (χ1v) is 6.88. The molecule has 2 aromatic carbocycles. The van der Waals surface area contributed by atoms with Gasteiger partial charge in [0.25, 0.3) is 5.91 Å². The van der Waals surface area contributed by atoms with Crippen LogP contribution in [0.2, 0.25) is 5.02 Å². The summed E-state index contributed by atoms with van der Waals surface area (Å²) >= 11 is 9.22. The van der Waals surface area contributed by atoms with Crippen molar-refractivity contribution in [2.45, 2.75) is 0 Å². The first-order chi connectivity index (χ1) is 9.51. The maximum Gasteiger partial charge on any atom is 0.259 e. The van der Waals surface area contributed by atoms with E-state index in [1.165, 1.54) is 7.11 Å². The summed E-state index contributed by atoms with van der Waals surface area (Å²) < 4.78 is 5.99. The van der Waals surface area contributed by atoms with Crippen molar-refractivity contribution in [2.75, 3.05) is 18.2 Å². The number of rotatable bonds is 3. The van der Waals surface area contributed by atoms with Crippen LogP contribution in [0.3, 0.4) is 0 Å². The lowest BCUT2D eigenvalue weighted by Crippen LogP contribution is -2.14. The van der Waals surface area contributed by atoms with E-state index < -0.39 is 0 Å². The first kappa shape index (κ1) is 14.7. The molecule has 1 amide bonds. The molecule has 0 radical (unpaired) electrons. The van der Waals surface area contributed by atoms with E-state index in [9.17, 15) is 4.79 Å². The number of benzene rings is 2. The average Bonchev–Trinajstić information content (AvgIpc) is 2.41. The van der Waals surface area contributed by atoms with Gasteiger partial charge in [0, 0.05) is 9.50 Å². The van der Waals surface area contributed by atoms with Gasteiger partial charge < -0.3 is 15.8 Å². The number of hydrogen-bond acceptors (Lipinski definition) is 3. The minimum absolute atomic E-state index is 0.335. The highest BCUT2D eigenvalue weighted by molar-refractivity contribution is 9.10. The Balaban J connectivity index is 2.30. The lowest BCUT2D eigenvalue weighted by molar-refractivity contribution is 0.102. The molecule has 2 aromatic rings. The molecule has 0 aromatic heterocycles. The van der Waals surface area contributed by atoms with E-state index in [-0.39, 0.29) is 5.91 Å². The summed E-state index contributed by atoms with van der Waals surface area (Å²) in [7, 11) is 1.49. The fourth-order valence-corrected chi connectivity index (χ4v) is 2.25. The summed E-state index contributed by atoms with van der Waals surface area (Å²) in [6.07, 6.45) is 0. The number of ether oxygens (including phenoxy) is 1. The zero-order valence-electron chi connectivity index (χ0n) is 10.6. The number of anilines is 2. The van der Waals surface area contributed by atoms with Crippen LogP contribution in [0, 0.1) is 0 Å². The molecular weight excluding hydrogens is 344 g/mol. The predicted molar refractivity (Wildman–Crippen MR) is 84.5 cm³/mol. The molecule has 0 aliphatic heterocycles. The van der Waals surface area contributed by atoms with E-state index >= 15 is 0 Å². The largest absolute Gasteiger partial charge is 0.496 e. The molecule has 0 spiro atoms. The molecule has 3 N–H and O–H groups in total. The zero-order chi connectivity index (χ0) is 14.7. The van der Waals surface area contributed by atoms with Gasteiger partial charge in [-0.2, -0.15) is 0 Å². The molecular formula is C14H12BrClN2O2. The number of carbonyl (C=O) groups is 1. The van der Waals surface area contributed by atoms with Crippen molar-refractivity contribution < 1.29 is 9.53 Å². The Morgan fingerprint density at radius 1 is 1.30 bits per heavy atom. The number of halogens is 2. The van der Waals surface area contributed by atoms with E-state index in [1.807, 2.05) is 0 Å². The molecule has 0 aliphatic rings. The van der Waals surface area contributed by atoms with Gasteiger partial charge in [-0.25, -0.2) is 0 Å². The number of carbonyl (C=O) groups excluding carboxylic acids is 1. The highest BCUT2D eigenvalue weighted by Crippen LogP contribution is 2.26. The van der Waals surface area contributed by atoms with E-state index in [1.54, 1.807) is 36.4 Å². The molecule has 0 bridgehead atoms. The summed E-state index contributed by atoms with van der Waals surface area (Å²) in [4.78, 5) is 12.3. The van der Waals surface area contributed by atoms with Crippen molar-refractivity contribution in [3.8, 4) is 5.75 Å². The SMILES string of the molecule is COc1ccc(Cl)cc1C(=O)Nc1ccc(Br)cc1N. The van der Waals surface area contributed by atoms with E-state index in [4.69, 9.17) is 22.1 Å². The summed E-state index contributed by atoms with van der Waals surface area (Å²) in [6, 6.07) is 10.1. The molecule has 0 fully saturated rings. The monoisotopic (exact) mass is 354 g/mol. The molecule has 0 heterocycles. The van der Waals surface area contributed by atoms with Crippen molar-refractivity contribution in [2.24, 2.45) is 0 Å². The Morgan fingerprint density at radius 2 is 2.05 bits per heavy atom. The molecule has 0 saturated heterocycles. The first-order valence-electron chi connectivity index (χ1n) is 5.71. The van der Waals surface area contributed by atoms with Crippen LogP contribution in [-0.2, 0) is 0 Å². The Morgan fingerprint density at radius 3 is 2.70 bits per heavy atom. The third kappa shape index (κ3) is 3.23. The zero-order valence-corrected chi connectivity index (χ0v) is 13.0. The standard InChI is InChI=1S/C14H12BrClN2O2/c1-20-13-5-3-9(16)7-10(13)14(19)18-12-4-2-8(15)6-11(12)17/h2-7H,17H2,1H3,(H,18,19). The lowest BCUT2D eigenvalue weighted by atomic mass is 10.1. The van der Waals surface area contributed by atoms with Crippen LogP contribution >= 0.6 is 27.5 Å². The summed E-state index contributed by atoms with van der Waals surface area (Å²) in [5, 5.41) is 3.19. The summed E-state index contributed by atoms with van der Waals surface area (Å²) in [5.41, 5.74) is 7.19. The normalized spacial score (nSPS) is 10.2. The molecule has 4 nitrogen and oxygen atoms in total. The number of nitrogen functional groups attached to an aromatic ring is 1. The highest BCUT2D eigenvalue weighted by atomic mass is 79.9. The molecule has 6 heteroatoms. The van der Waals surface area contributed by atoms with Gasteiger partial charge in [-0.3, -0.25) is 4.79 Å². The second kappa shape index (κ2) is 6.15. The Labute approximate surface area is 130 Å². The minimum Gasteiger partial charge on any atom is -0.496 e. The molecule has 0 aliphatic carbocycles. The second-order valence-electron chi connectivity index (χ2n) is 4.03. The van der Waals surface area contributed by atoms with Crippen LogP contribution < -0.4 is 15.8 Å². The van der Waals surface area contributed by atoms with Crippen molar-refractivity contribution in [1.29, 1.82) is 0 Å². The average molecular weight is 356 g/mol. The van der Waals surface area contributed by atoms with Crippen molar-refractivity contribution in [1.82, 2.24) is 0 Å². The van der Waals surface area contributed by atoms with E-state index in [2.05, 4.69) is 21.2 Å². The third-order valence-electron chi connectivity index (χ3n) is 2.67. The number of amides is 1. The van der Waals surface area contributed by atoms with E-state index in [0.29, 0.717) is 27.7 Å². The minimum atomic E-state index is -0.335. The summed E-state index contributed by atoms with van der Waals surface area (Å²) in [6.45, 7) is 0. The predicted octanol–water partition coefficient (Wildman–Crippen LogP) is 3.95. The molecule has 0 unspecified atom stereocenters. The van der Waals surface area contributed by atoms with Crippen LogP contribution in [0.15, 0.2) is 40.9 Å². The maximum atomic E-state index is 12.3. The Kier molecular flexibility index (Phi) is 4.52. The number of nitrogens with two attached hydrogens (primary N) is 1. The molecule has 2 rings (SSSR count). The van der Waals surface area contributed by atoms with Crippen molar-refractivity contribution in [3.63, 3.8) is 0 Å². The van der Waals surface area contributed by atoms with Gasteiger partial charge in [0.1, 0.15) is 5.75 Å². The quantitative estimate of drug-likeness (QED) is 0.820. The van der Waals surface area contributed by atoms with Crippen LogP contribution in [0.4, 0.5) is 11.4 Å². The maximum absolute atomic E-state index is 12.3. The fraction of sp³-hybridized carbons (Fsp3) is 0.0714. The van der Waals surface area contributed by atoms with Gasteiger partial charge in [-0.1, -0.05) is 27.5 Å². The Bertz CT molecular complexity index is 662. The Hall–Kier alpha value is -1.72. The van der Waals surface area contributed by atoms with Gasteiger partial charge in [-0.15, -0.1) is 0 Å².